The Hall–Kier alpha value is -4.44. The fourth-order valence-electron chi connectivity index (χ4n) is 3.35. The number of para-hydroxylation sites is 2. The molecular weight excluding hydrogens is 440 g/mol. The van der Waals surface area contributed by atoms with Gasteiger partial charge in [0.15, 0.2) is 0 Å². The molecule has 9 nitrogen and oxygen atoms in total. The van der Waals surface area contributed by atoms with E-state index in [1.165, 1.54) is 17.4 Å². The van der Waals surface area contributed by atoms with Gasteiger partial charge in [-0.3, -0.25) is 19.9 Å². The molecule has 2 aromatic carbocycles. The van der Waals surface area contributed by atoms with Crippen LogP contribution >= 0.6 is 11.3 Å². The number of hydrogen-bond donors (Lipinski definition) is 4. The predicted octanol–water partition coefficient (Wildman–Crippen LogP) is 4.38. The maximum Gasteiger partial charge on any atom is 0.268 e. The first-order valence-electron chi connectivity index (χ1n) is 9.95. The molecule has 3 heterocycles. The van der Waals surface area contributed by atoms with Crippen molar-refractivity contribution in [2.75, 3.05) is 17.7 Å². The van der Waals surface area contributed by atoms with Crippen LogP contribution in [-0.2, 0) is 0 Å². The molecule has 33 heavy (non-hydrogen) atoms. The number of fused-ring (bicyclic) bond motifs is 1. The van der Waals surface area contributed by atoms with Gasteiger partial charge in [0.1, 0.15) is 5.75 Å². The van der Waals surface area contributed by atoms with E-state index in [9.17, 15) is 9.59 Å². The van der Waals surface area contributed by atoms with E-state index >= 15 is 0 Å². The minimum atomic E-state index is -0.300. The van der Waals surface area contributed by atoms with Crippen molar-refractivity contribution in [3.05, 3.63) is 81.3 Å². The van der Waals surface area contributed by atoms with Crippen molar-refractivity contribution in [2.45, 2.75) is 0 Å². The summed E-state index contributed by atoms with van der Waals surface area (Å²) < 4.78 is 5.34. The lowest BCUT2D eigenvalue weighted by Gasteiger charge is -2.10. The molecule has 0 saturated heterocycles. The normalized spacial score (nSPS) is 10.8. The molecule has 0 unspecified atom stereocenters. The number of methoxy groups -OCH3 is 1. The first-order chi connectivity index (χ1) is 16.1. The summed E-state index contributed by atoms with van der Waals surface area (Å²) in [6, 6.07) is 17.8. The smallest absolute Gasteiger partial charge is 0.268 e. The maximum absolute atomic E-state index is 12.3. The van der Waals surface area contributed by atoms with Crippen molar-refractivity contribution in [3.63, 3.8) is 0 Å². The lowest BCUT2D eigenvalue weighted by atomic mass is 10.1. The van der Waals surface area contributed by atoms with Crippen LogP contribution in [0.15, 0.2) is 70.8 Å². The fourth-order valence-corrected chi connectivity index (χ4v) is 3.96. The van der Waals surface area contributed by atoms with Gasteiger partial charge in [0.2, 0.25) is 11.9 Å². The molecule has 5 rings (SSSR count). The summed E-state index contributed by atoms with van der Waals surface area (Å²) >= 11 is 1.35. The highest BCUT2D eigenvalue weighted by Crippen LogP contribution is 2.27. The van der Waals surface area contributed by atoms with Crippen molar-refractivity contribution < 1.29 is 9.53 Å². The van der Waals surface area contributed by atoms with Crippen LogP contribution in [0.1, 0.15) is 9.67 Å². The molecule has 10 heteroatoms. The van der Waals surface area contributed by atoms with Crippen LogP contribution in [0.2, 0.25) is 0 Å². The monoisotopic (exact) mass is 458 g/mol. The number of imidazole rings is 1. The molecule has 0 fully saturated rings. The molecular formula is C23H18N6O3S. The summed E-state index contributed by atoms with van der Waals surface area (Å²) in [5.41, 5.74) is 2.96. The third-order valence-corrected chi connectivity index (χ3v) is 5.72. The number of ether oxygens (including phenoxy) is 1. The molecule has 5 aromatic rings. The number of aromatic nitrogens is 4. The number of nitrogens with one attached hydrogen (secondary N) is 4. The highest BCUT2D eigenvalue weighted by Gasteiger charge is 2.12. The number of carbonyl (C=O) groups is 1. The second-order valence-electron chi connectivity index (χ2n) is 7.05. The van der Waals surface area contributed by atoms with Crippen molar-refractivity contribution >= 4 is 45.9 Å². The molecule has 0 bridgehead atoms. The number of rotatable bonds is 6. The Kier molecular flexibility index (Phi) is 5.33. The zero-order chi connectivity index (χ0) is 22.8. The topological polar surface area (TPSA) is 125 Å². The van der Waals surface area contributed by atoms with Crippen LogP contribution in [0.25, 0.3) is 22.3 Å². The molecule has 0 aliphatic heterocycles. The first-order valence-corrected chi connectivity index (χ1v) is 10.8. The van der Waals surface area contributed by atoms with Crippen molar-refractivity contribution in [1.82, 2.24) is 19.9 Å². The number of thiophene rings is 1. The second-order valence-corrected chi connectivity index (χ2v) is 8.00. The number of amides is 1. The van der Waals surface area contributed by atoms with Gasteiger partial charge >= 0.3 is 0 Å². The molecule has 0 aliphatic rings. The number of benzene rings is 2. The van der Waals surface area contributed by atoms with Crippen LogP contribution in [-0.4, -0.2) is 33.0 Å². The van der Waals surface area contributed by atoms with Gasteiger partial charge in [0, 0.05) is 11.6 Å². The largest absolute Gasteiger partial charge is 0.495 e. The van der Waals surface area contributed by atoms with E-state index in [0.29, 0.717) is 39.0 Å². The number of H-pyrrole nitrogens is 2. The Bertz CT molecular complexity index is 1510. The van der Waals surface area contributed by atoms with Crippen LogP contribution in [0.3, 0.4) is 0 Å². The van der Waals surface area contributed by atoms with Crippen LogP contribution in [0, 0.1) is 0 Å². The third kappa shape index (κ3) is 4.32. The minimum Gasteiger partial charge on any atom is -0.495 e. The molecule has 0 atom stereocenters. The SMILES string of the molecule is COc1ccccc1Nc1nc(-c2ccc3nc(NC(=O)c4cccs4)[nH]c3c2)cc(=O)[nH]1. The van der Waals surface area contributed by atoms with Gasteiger partial charge in [-0.25, -0.2) is 9.97 Å². The molecule has 0 aliphatic carbocycles. The number of nitrogens with zero attached hydrogens (tertiary/aromatic N) is 2. The Balaban J connectivity index is 1.44. The lowest BCUT2D eigenvalue weighted by molar-refractivity contribution is 0.103. The van der Waals surface area contributed by atoms with Crippen molar-refractivity contribution in [1.29, 1.82) is 0 Å². The van der Waals surface area contributed by atoms with E-state index in [1.54, 1.807) is 19.2 Å². The molecule has 0 spiro atoms. The predicted molar refractivity (Wildman–Crippen MR) is 128 cm³/mol. The number of anilines is 3. The Morgan fingerprint density at radius 1 is 1.00 bits per heavy atom. The zero-order valence-electron chi connectivity index (χ0n) is 17.4. The van der Waals surface area contributed by atoms with Gasteiger partial charge < -0.3 is 15.0 Å². The fraction of sp³-hybridized carbons (Fsp3) is 0.0435. The van der Waals surface area contributed by atoms with E-state index in [4.69, 9.17) is 4.74 Å². The van der Waals surface area contributed by atoms with Gasteiger partial charge in [-0.15, -0.1) is 11.3 Å². The number of hydrogen-bond acceptors (Lipinski definition) is 7. The van der Waals surface area contributed by atoms with Gasteiger partial charge in [0.25, 0.3) is 11.5 Å². The highest BCUT2D eigenvalue weighted by atomic mass is 32.1. The van der Waals surface area contributed by atoms with E-state index in [2.05, 4.69) is 30.6 Å². The van der Waals surface area contributed by atoms with Crippen molar-refractivity contribution in [3.8, 4) is 17.0 Å². The van der Waals surface area contributed by atoms with Gasteiger partial charge in [-0.05, 0) is 35.7 Å². The minimum absolute atomic E-state index is 0.229. The number of aromatic amines is 2. The van der Waals surface area contributed by atoms with Gasteiger partial charge in [0.05, 0.1) is 34.4 Å². The van der Waals surface area contributed by atoms with Crippen LogP contribution < -0.4 is 20.9 Å². The van der Waals surface area contributed by atoms with E-state index in [-0.39, 0.29) is 17.4 Å². The standard InChI is InChI=1S/C23H18N6O3S/c1-32-18-6-3-2-5-15(18)25-22-26-16(12-20(30)28-22)13-8-9-14-17(11-13)27-23(24-14)29-21(31)19-7-4-10-33-19/h2-12H,1H3,(H2,24,27,29,31)(H2,25,26,28,30). The van der Waals surface area contributed by atoms with Crippen LogP contribution in [0.5, 0.6) is 5.75 Å². The third-order valence-electron chi connectivity index (χ3n) is 4.86. The molecule has 1 amide bonds. The second kappa shape index (κ2) is 8.60. The zero-order valence-corrected chi connectivity index (χ0v) is 18.2. The van der Waals surface area contributed by atoms with E-state index in [1.807, 2.05) is 47.8 Å². The van der Waals surface area contributed by atoms with E-state index in [0.717, 1.165) is 5.56 Å². The molecule has 0 radical (unpaired) electrons. The average molecular weight is 459 g/mol. The van der Waals surface area contributed by atoms with Crippen molar-refractivity contribution in [2.24, 2.45) is 0 Å². The summed E-state index contributed by atoms with van der Waals surface area (Å²) in [4.78, 5) is 39.9. The molecule has 164 valence electrons. The molecule has 3 aromatic heterocycles. The summed E-state index contributed by atoms with van der Waals surface area (Å²) in [7, 11) is 1.57. The van der Waals surface area contributed by atoms with Crippen LogP contribution in [0.4, 0.5) is 17.6 Å². The van der Waals surface area contributed by atoms with Gasteiger partial charge in [-0.2, -0.15) is 0 Å². The number of carbonyl (C=O) groups excluding carboxylic acids is 1. The van der Waals surface area contributed by atoms with E-state index < -0.39 is 0 Å². The Morgan fingerprint density at radius 3 is 2.70 bits per heavy atom. The molecule has 0 saturated carbocycles. The summed E-state index contributed by atoms with van der Waals surface area (Å²) in [6.45, 7) is 0. The highest BCUT2D eigenvalue weighted by molar-refractivity contribution is 7.12. The Labute approximate surface area is 191 Å². The maximum atomic E-state index is 12.3. The Morgan fingerprint density at radius 2 is 1.88 bits per heavy atom. The molecule has 4 N–H and O–H groups in total. The van der Waals surface area contributed by atoms with Gasteiger partial charge in [-0.1, -0.05) is 24.3 Å². The summed E-state index contributed by atoms with van der Waals surface area (Å²) in [6.07, 6.45) is 0. The summed E-state index contributed by atoms with van der Waals surface area (Å²) in [5.74, 6) is 1.03. The average Bonchev–Trinajstić information content (AvgIpc) is 3.48. The lowest BCUT2D eigenvalue weighted by Crippen LogP contribution is -2.11. The first kappa shape index (κ1) is 20.5. The quantitative estimate of drug-likeness (QED) is 0.299. The summed E-state index contributed by atoms with van der Waals surface area (Å²) in [5, 5.41) is 7.69.